The standard InChI is InChI=1S/C31H23F3N4O4/c1-41-10-9-38-27-4-2-3-21(31(39)40)30(27)37-29(38)14-22-25(33)12-20(13-26(22)34)23-16-36-8-7-28(23)42-17-19-6-5-18(15-35)11-24(19)32/h2-8,11-13,16H,9-10,14,17H2,1H3,(H,39,40). The Morgan fingerprint density at radius 3 is 2.55 bits per heavy atom. The highest BCUT2D eigenvalue weighted by atomic mass is 19.1. The van der Waals surface area contributed by atoms with E-state index >= 15 is 8.78 Å². The van der Waals surface area contributed by atoms with Crippen LogP contribution in [0.1, 0.15) is 32.9 Å². The number of nitrogens with zero attached hydrogens (tertiary/aromatic N) is 4. The third kappa shape index (κ3) is 5.66. The van der Waals surface area contributed by atoms with E-state index in [2.05, 4.69) is 9.97 Å². The average Bonchev–Trinajstić information content (AvgIpc) is 3.34. The molecule has 0 unspecified atom stereocenters. The van der Waals surface area contributed by atoms with Crippen LogP contribution in [0.4, 0.5) is 13.2 Å². The van der Waals surface area contributed by atoms with Gasteiger partial charge in [-0.05, 0) is 48.0 Å². The number of hydrogen-bond acceptors (Lipinski definition) is 6. The van der Waals surface area contributed by atoms with Crippen LogP contribution >= 0.6 is 0 Å². The van der Waals surface area contributed by atoms with E-state index in [1.165, 1.54) is 43.8 Å². The molecule has 8 nitrogen and oxygen atoms in total. The molecular weight excluding hydrogens is 549 g/mol. The summed E-state index contributed by atoms with van der Waals surface area (Å²) in [6.45, 7) is 0.381. The molecular formula is C31H23F3N4O4. The van der Waals surface area contributed by atoms with Crippen molar-refractivity contribution in [3.63, 3.8) is 0 Å². The van der Waals surface area contributed by atoms with Crippen molar-refractivity contribution in [3.05, 3.63) is 113 Å². The highest BCUT2D eigenvalue weighted by Gasteiger charge is 2.21. The second-order valence-corrected chi connectivity index (χ2v) is 9.32. The molecule has 0 aliphatic rings. The van der Waals surface area contributed by atoms with Crippen molar-refractivity contribution in [3.8, 4) is 22.9 Å². The summed E-state index contributed by atoms with van der Waals surface area (Å²) in [5, 5.41) is 18.5. The van der Waals surface area contributed by atoms with Crippen molar-refractivity contribution in [1.82, 2.24) is 14.5 Å². The fourth-order valence-electron chi connectivity index (χ4n) is 4.63. The summed E-state index contributed by atoms with van der Waals surface area (Å²) in [7, 11) is 1.51. The first-order chi connectivity index (χ1) is 20.3. The Hall–Kier alpha value is -5.21. The minimum Gasteiger partial charge on any atom is -0.488 e. The van der Waals surface area contributed by atoms with Gasteiger partial charge in [-0.15, -0.1) is 0 Å². The Morgan fingerprint density at radius 1 is 1.07 bits per heavy atom. The van der Waals surface area contributed by atoms with E-state index in [-0.39, 0.29) is 70.1 Å². The van der Waals surface area contributed by atoms with Gasteiger partial charge in [-0.1, -0.05) is 12.1 Å². The number of hydrogen-bond donors (Lipinski definition) is 1. The summed E-state index contributed by atoms with van der Waals surface area (Å²) >= 11 is 0. The Labute approximate surface area is 238 Å². The van der Waals surface area contributed by atoms with Gasteiger partial charge >= 0.3 is 5.97 Å². The van der Waals surface area contributed by atoms with Crippen molar-refractivity contribution < 1.29 is 32.5 Å². The molecule has 0 saturated heterocycles. The third-order valence-electron chi connectivity index (χ3n) is 6.74. The topological polar surface area (TPSA) is 110 Å². The van der Waals surface area contributed by atoms with Crippen LogP contribution in [0.5, 0.6) is 5.75 Å². The van der Waals surface area contributed by atoms with Crippen molar-refractivity contribution in [1.29, 1.82) is 5.26 Å². The second-order valence-electron chi connectivity index (χ2n) is 9.32. The van der Waals surface area contributed by atoms with Gasteiger partial charge in [-0.25, -0.2) is 22.9 Å². The minimum atomic E-state index is -1.17. The lowest BCUT2D eigenvalue weighted by molar-refractivity contribution is 0.0699. The largest absolute Gasteiger partial charge is 0.488 e. The Bertz CT molecular complexity index is 1830. The number of methoxy groups -OCH3 is 1. The van der Waals surface area contributed by atoms with Gasteiger partial charge in [0.25, 0.3) is 0 Å². The van der Waals surface area contributed by atoms with Gasteiger partial charge in [0.2, 0.25) is 0 Å². The molecule has 3 aromatic carbocycles. The Morgan fingerprint density at radius 2 is 1.86 bits per heavy atom. The van der Waals surface area contributed by atoms with Crippen LogP contribution in [-0.4, -0.2) is 39.3 Å². The predicted molar refractivity (Wildman–Crippen MR) is 146 cm³/mol. The second kappa shape index (κ2) is 12.1. The van der Waals surface area contributed by atoms with E-state index in [1.807, 2.05) is 6.07 Å². The molecule has 0 saturated carbocycles. The lowest BCUT2D eigenvalue weighted by Crippen LogP contribution is -2.10. The molecule has 11 heteroatoms. The summed E-state index contributed by atoms with van der Waals surface area (Å²) in [5.74, 6) is -2.97. The number of rotatable bonds is 10. The molecule has 0 aliphatic carbocycles. The van der Waals surface area contributed by atoms with E-state index in [1.54, 1.807) is 16.7 Å². The number of carboxylic acids is 1. The molecule has 5 rings (SSSR count). The number of aromatic nitrogens is 3. The fraction of sp³-hybridized carbons (Fsp3) is 0.161. The molecule has 0 atom stereocenters. The molecule has 0 spiro atoms. The molecule has 0 bridgehead atoms. The maximum atomic E-state index is 15.5. The zero-order valence-electron chi connectivity index (χ0n) is 22.3. The number of ether oxygens (including phenoxy) is 2. The Balaban J connectivity index is 1.47. The molecule has 212 valence electrons. The van der Waals surface area contributed by atoms with Crippen molar-refractivity contribution in [2.45, 2.75) is 19.6 Å². The normalized spacial score (nSPS) is 11.0. The van der Waals surface area contributed by atoms with E-state index in [0.717, 1.165) is 18.2 Å². The average molecular weight is 573 g/mol. The summed E-state index contributed by atoms with van der Waals surface area (Å²) < 4.78 is 58.0. The smallest absolute Gasteiger partial charge is 0.337 e. The highest BCUT2D eigenvalue weighted by molar-refractivity contribution is 6.01. The zero-order valence-corrected chi connectivity index (χ0v) is 22.3. The van der Waals surface area contributed by atoms with Crippen LogP contribution in [0, 0.1) is 28.8 Å². The SMILES string of the molecule is COCCn1c(Cc2c(F)cc(-c3cnccc3OCc3ccc(C#N)cc3F)cc2F)nc2c(C(=O)O)cccc21. The van der Waals surface area contributed by atoms with Gasteiger partial charge in [0.1, 0.15) is 41.1 Å². The first kappa shape index (κ1) is 28.3. The van der Waals surface area contributed by atoms with Crippen LogP contribution in [0.25, 0.3) is 22.2 Å². The first-order valence-electron chi connectivity index (χ1n) is 12.7. The van der Waals surface area contributed by atoms with E-state index in [4.69, 9.17) is 14.7 Å². The Kier molecular flexibility index (Phi) is 8.17. The number of carboxylic acid groups (broad SMARTS) is 1. The molecule has 5 aromatic rings. The molecule has 1 N–H and O–H groups in total. The fourth-order valence-corrected chi connectivity index (χ4v) is 4.63. The summed E-state index contributed by atoms with van der Waals surface area (Å²) in [5.41, 5.74) is 1.25. The highest BCUT2D eigenvalue weighted by Crippen LogP contribution is 2.33. The molecule has 0 aliphatic heterocycles. The van der Waals surface area contributed by atoms with E-state index < -0.39 is 23.4 Å². The number of benzene rings is 3. The number of imidazole rings is 1. The van der Waals surface area contributed by atoms with E-state index in [0.29, 0.717) is 12.1 Å². The minimum absolute atomic E-state index is 0.0220. The van der Waals surface area contributed by atoms with Gasteiger partial charge in [-0.3, -0.25) is 4.98 Å². The van der Waals surface area contributed by atoms with Crippen molar-refractivity contribution in [2.24, 2.45) is 0 Å². The van der Waals surface area contributed by atoms with Gasteiger partial charge in [-0.2, -0.15) is 5.26 Å². The number of nitriles is 1. The van der Waals surface area contributed by atoms with Crippen LogP contribution < -0.4 is 4.74 Å². The maximum absolute atomic E-state index is 15.5. The molecule has 0 amide bonds. The summed E-state index contributed by atoms with van der Waals surface area (Å²) in [6, 6.07) is 14.3. The van der Waals surface area contributed by atoms with Gasteiger partial charge in [0.15, 0.2) is 0 Å². The van der Waals surface area contributed by atoms with Crippen LogP contribution in [0.15, 0.2) is 67.0 Å². The van der Waals surface area contributed by atoms with E-state index in [9.17, 15) is 14.3 Å². The van der Waals surface area contributed by atoms with Crippen LogP contribution in [0.2, 0.25) is 0 Å². The van der Waals surface area contributed by atoms with Crippen LogP contribution in [-0.2, 0) is 24.3 Å². The molecule has 0 fully saturated rings. The quantitative estimate of drug-likeness (QED) is 0.222. The monoisotopic (exact) mass is 572 g/mol. The number of fused-ring (bicyclic) bond motifs is 1. The number of para-hydroxylation sites is 1. The lowest BCUT2D eigenvalue weighted by Gasteiger charge is -2.14. The molecule has 0 radical (unpaired) electrons. The third-order valence-corrected chi connectivity index (χ3v) is 6.74. The maximum Gasteiger partial charge on any atom is 0.337 e. The predicted octanol–water partition coefficient (Wildman–Crippen LogP) is 5.90. The summed E-state index contributed by atoms with van der Waals surface area (Å²) in [4.78, 5) is 20.2. The summed E-state index contributed by atoms with van der Waals surface area (Å²) in [6.07, 6.45) is 2.57. The van der Waals surface area contributed by atoms with Gasteiger partial charge in [0.05, 0.1) is 29.3 Å². The van der Waals surface area contributed by atoms with Gasteiger partial charge in [0, 0.05) is 49.2 Å². The number of carbonyl (C=O) groups is 1. The molecule has 2 aromatic heterocycles. The van der Waals surface area contributed by atoms with Crippen molar-refractivity contribution >= 4 is 17.0 Å². The first-order valence-corrected chi connectivity index (χ1v) is 12.7. The number of halogens is 3. The van der Waals surface area contributed by atoms with Crippen molar-refractivity contribution in [2.75, 3.05) is 13.7 Å². The zero-order chi connectivity index (χ0) is 29.8. The molecule has 42 heavy (non-hydrogen) atoms. The number of aromatic carboxylic acids is 1. The molecule has 2 heterocycles. The van der Waals surface area contributed by atoms with Crippen LogP contribution in [0.3, 0.4) is 0 Å². The lowest BCUT2D eigenvalue weighted by atomic mass is 10.0. The van der Waals surface area contributed by atoms with Gasteiger partial charge < -0.3 is 19.1 Å². The number of pyridine rings is 1.